The maximum absolute atomic E-state index is 5.35. The molecule has 1 aliphatic heterocycles. The number of hydrogen-bond acceptors (Lipinski definition) is 3. The number of guanidine groups is 1. The molecule has 1 atom stereocenters. The van der Waals surface area contributed by atoms with Crippen molar-refractivity contribution in [2.24, 2.45) is 16.3 Å². The van der Waals surface area contributed by atoms with Crippen LogP contribution in [-0.4, -0.2) is 63.3 Å². The van der Waals surface area contributed by atoms with Crippen LogP contribution in [0.4, 0.5) is 0 Å². The van der Waals surface area contributed by atoms with Gasteiger partial charge < -0.3 is 20.3 Å². The molecule has 2 N–H and O–H groups in total. The molecule has 0 aromatic carbocycles. The van der Waals surface area contributed by atoms with E-state index in [0.717, 1.165) is 50.6 Å². The molecule has 2 aliphatic carbocycles. The molecule has 0 bridgehead atoms. The summed E-state index contributed by atoms with van der Waals surface area (Å²) in [6.07, 6.45) is 10.6. The van der Waals surface area contributed by atoms with Gasteiger partial charge in [-0.25, -0.2) is 0 Å². The first-order valence-electron chi connectivity index (χ1n) is 10.5. The Morgan fingerprint density at radius 3 is 2.68 bits per heavy atom. The van der Waals surface area contributed by atoms with Crippen LogP contribution < -0.4 is 10.6 Å². The van der Waals surface area contributed by atoms with Crippen molar-refractivity contribution >= 4 is 5.96 Å². The average molecular weight is 351 g/mol. The van der Waals surface area contributed by atoms with E-state index in [2.05, 4.69) is 22.5 Å². The van der Waals surface area contributed by atoms with Crippen LogP contribution in [0.3, 0.4) is 0 Å². The minimum Gasteiger partial charge on any atom is -0.385 e. The predicted octanol–water partition coefficient (Wildman–Crippen LogP) is 2.62. The van der Waals surface area contributed by atoms with E-state index in [0.29, 0.717) is 5.41 Å². The zero-order valence-corrected chi connectivity index (χ0v) is 16.4. The van der Waals surface area contributed by atoms with Crippen LogP contribution in [0.2, 0.25) is 0 Å². The van der Waals surface area contributed by atoms with Crippen molar-refractivity contribution in [1.29, 1.82) is 0 Å². The predicted molar refractivity (Wildman–Crippen MR) is 104 cm³/mol. The van der Waals surface area contributed by atoms with Gasteiger partial charge in [0.15, 0.2) is 5.96 Å². The second-order valence-corrected chi connectivity index (χ2v) is 8.41. The molecular weight excluding hydrogens is 312 g/mol. The van der Waals surface area contributed by atoms with Crippen LogP contribution in [0.25, 0.3) is 0 Å². The van der Waals surface area contributed by atoms with Crippen LogP contribution in [0.15, 0.2) is 4.99 Å². The van der Waals surface area contributed by atoms with Crippen molar-refractivity contribution in [3.8, 4) is 0 Å². The molecule has 1 saturated heterocycles. The lowest BCUT2D eigenvalue weighted by atomic mass is 9.83. The lowest BCUT2D eigenvalue weighted by Crippen LogP contribution is -2.41. The molecular formula is C20H38N4O. The lowest BCUT2D eigenvalue weighted by Gasteiger charge is -2.27. The first kappa shape index (κ1) is 19.0. The summed E-state index contributed by atoms with van der Waals surface area (Å²) in [5, 5.41) is 7.06. The average Bonchev–Trinajstić information content (AvgIpc) is 3.19. The zero-order chi connectivity index (χ0) is 17.5. The molecule has 144 valence electrons. The Bertz CT molecular complexity index is 429. The van der Waals surface area contributed by atoms with Crippen molar-refractivity contribution < 1.29 is 4.74 Å². The number of rotatable bonds is 9. The summed E-state index contributed by atoms with van der Waals surface area (Å²) < 4.78 is 5.35. The number of ether oxygens (including phenoxy) is 1. The van der Waals surface area contributed by atoms with Crippen LogP contribution in [0.5, 0.6) is 0 Å². The van der Waals surface area contributed by atoms with Gasteiger partial charge in [-0.3, -0.25) is 4.99 Å². The summed E-state index contributed by atoms with van der Waals surface area (Å²) in [5.74, 6) is 1.79. The Balaban J connectivity index is 1.48. The van der Waals surface area contributed by atoms with Crippen molar-refractivity contribution in [2.45, 2.75) is 64.3 Å². The van der Waals surface area contributed by atoms with Gasteiger partial charge in [-0.1, -0.05) is 12.8 Å². The third-order valence-electron chi connectivity index (χ3n) is 6.36. The summed E-state index contributed by atoms with van der Waals surface area (Å²) in [7, 11) is 1.81. The fourth-order valence-electron chi connectivity index (χ4n) is 4.56. The van der Waals surface area contributed by atoms with Crippen LogP contribution >= 0.6 is 0 Å². The molecule has 3 fully saturated rings. The SMILES string of the molecule is CCNC(=NCC1(CCOC)CCCC1)NCC1CCN(C2CC2)C1. The topological polar surface area (TPSA) is 48.9 Å². The standard InChI is InChI=1S/C20H38N4O/c1-3-21-19(22-14-17-8-12-24(15-17)18-6-7-18)23-16-20(11-13-25-2)9-4-5-10-20/h17-18H,3-16H2,1-2H3,(H2,21,22,23). The number of methoxy groups -OCH3 is 1. The van der Waals surface area contributed by atoms with E-state index in [1.54, 1.807) is 0 Å². The maximum Gasteiger partial charge on any atom is 0.191 e. The van der Waals surface area contributed by atoms with Gasteiger partial charge in [0, 0.05) is 45.9 Å². The van der Waals surface area contributed by atoms with Crippen LogP contribution in [0, 0.1) is 11.3 Å². The summed E-state index contributed by atoms with van der Waals surface area (Å²) in [5.41, 5.74) is 0.370. The van der Waals surface area contributed by atoms with Crippen molar-refractivity contribution in [2.75, 3.05) is 46.4 Å². The quantitative estimate of drug-likeness (QED) is 0.496. The van der Waals surface area contributed by atoms with Gasteiger partial charge in [0.2, 0.25) is 0 Å². The van der Waals surface area contributed by atoms with E-state index >= 15 is 0 Å². The molecule has 2 saturated carbocycles. The molecule has 5 heteroatoms. The number of nitrogens with one attached hydrogen (secondary N) is 2. The maximum atomic E-state index is 5.35. The number of likely N-dealkylation sites (tertiary alicyclic amines) is 1. The van der Waals surface area contributed by atoms with E-state index in [1.807, 2.05) is 7.11 Å². The second kappa shape index (κ2) is 9.22. The molecule has 1 heterocycles. The second-order valence-electron chi connectivity index (χ2n) is 8.41. The van der Waals surface area contributed by atoms with Crippen molar-refractivity contribution in [3.05, 3.63) is 0 Å². The summed E-state index contributed by atoms with van der Waals surface area (Å²) >= 11 is 0. The third-order valence-corrected chi connectivity index (χ3v) is 6.36. The highest BCUT2D eigenvalue weighted by Crippen LogP contribution is 2.41. The molecule has 0 radical (unpaired) electrons. The molecule has 0 spiro atoms. The minimum absolute atomic E-state index is 0.370. The Morgan fingerprint density at radius 1 is 1.20 bits per heavy atom. The lowest BCUT2D eigenvalue weighted by molar-refractivity contribution is 0.141. The summed E-state index contributed by atoms with van der Waals surface area (Å²) in [6, 6.07) is 0.912. The molecule has 3 aliphatic rings. The van der Waals surface area contributed by atoms with Gasteiger partial charge in [-0.2, -0.15) is 0 Å². The largest absolute Gasteiger partial charge is 0.385 e. The molecule has 25 heavy (non-hydrogen) atoms. The smallest absolute Gasteiger partial charge is 0.191 e. The van der Waals surface area contributed by atoms with Crippen LogP contribution in [-0.2, 0) is 4.74 Å². The van der Waals surface area contributed by atoms with Gasteiger partial charge in [-0.05, 0) is 63.3 Å². The number of aliphatic imine (C=N–C) groups is 1. The molecule has 1 unspecified atom stereocenters. The highest BCUT2D eigenvalue weighted by molar-refractivity contribution is 5.79. The van der Waals surface area contributed by atoms with Gasteiger partial charge in [0.25, 0.3) is 0 Å². The molecule has 0 amide bonds. The summed E-state index contributed by atoms with van der Waals surface area (Å²) in [4.78, 5) is 7.66. The Morgan fingerprint density at radius 2 is 2.00 bits per heavy atom. The molecule has 0 aromatic rings. The highest BCUT2D eigenvalue weighted by atomic mass is 16.5. The normalized spacial score (nSPS) is 27.0. The van der Waals surface area contributed by atoms with E-state index in [-0.39, 0.29) is 0 Å². The first-order valence-corrected chi connectivity index (χ1v) is 10.5. The van der Waals surface area contributed by atoms with Crippen LogP contribution in [0.1, 0.15) is 58.3 Å². The van der Waals surface area contributed by atoms with E-state index in [4.69, 9.17) is 9.73 Å². The molecule has 3 rings (SSSR count). The molecule has 0 aromatic heterocycles. The Kier molecular flexibility index (Phi) is 7.00. The molecule has 5 nitrogen and oxygen atoms in total. The fourth-order valence-corrected chi connectivity index (χ4v) is 4.56. The van der Waals surface area contributed by atoms with Gasteiger partial charge in [0.05, 0.1) is 0 Å². The van der Waals surface area contributed by atoms with Gasteiger partial charge in [0.1, 0.15) is 0 Å². The van der Waals surface area contributed by atoms with E-state index in [1.165, 1.54) is 58.0 Å². The van der Waals surface area contributed by atoms with E-state index in [9.17, 15) is 0 Å². The van der Waals surface area contributed by atoms with Gasteiger partial charge in [-0.15, -0.1) is 0 Å². The minimum atomic E-state index is 0.370. The zero-order valence-electron chi connectivity index (χ0n) is 16.4. The number of nitrogens with zero attached hydrogens (tertiary/aromatic N) is 2. The highest BCUT2D eigenvalue weighted by Gasteiger charge is 2.35. The van der Waals surface area contributed by atoms with Crippen molar-refractivity contribution in [1.82, 2.24) is 15.5 Å². The van der Waals surface area contributed by atoms with E-state index < -0.39 is 0 Å². The Hall–Kier alpha value is -0.810. The van der Waals surface area contributed by atoms with Crippen molar-refractivity contribution in [3.63, 3.8) is 0 Å². The monoisotopic (exact) mass is 350 g/mol. The first-order chi connectivity index (χ1) is 12.2. The third kappa shape index (κ3) is 5.58. The summed E-state index contributed by atoms with van der Waals surface area (Å²) in [6.45, 7) is 8.50. The van der Waals surface area contributed by atoms with Gasteiger partial charge >= 0.3 is 0 Å². The Labute approximate surface area is 154 Å². The fraction of sp³-hybridized carbons (Fsp3) is 0.950. The number of hydrogen-bond donors (Lipinski definition) is 2.